The fraction of sp³-hybridized carbons (Fsp3) is 0.462. The van der Waals surface area contributed by atoms with Crippen LogP contribution in [-0.4, -0.2) is 26.1 Å². The predicted molar refractivity (Wildman–Crippen MR) is 74.9 cm³/mol. The molecule has 0 aliphatic carbocycles. The molecule has 4 nitrogen and oxygen atoms in total. The number of aryl methyl sites for hydroxylation is 1. The molecule has 2 rings (SSSR count). The van der Waals surface area contributed by atoms with Crippen molar-refractivity contribution in [3.63, 3.8) is 0 Å². The van der Waals surface area contributed by atoms with Gasteiger partial charge in [-0.2, -0.15) is 0 Å². The number of hydrogen-bond acceptors (Lipinski definition) is 3. The fourth-order valence-electron chi connectivity index (χ4n) is 2.19. The molecule has 0 radical (unpaired) electrons. The van der Waals surface area contributed by atoms with Gasteiger partial charge in [0, 0.05) is 17.4 Å². The molecule has 1 amide bonds. The second-order valence-electron chi connectivity index (χ2n) is 4.58. The number of anilines is 1. The molecule has 0 saturated carbocycles. The first-order valence-electron chi connectivity index (χ1n) is 5.91. The summed E-state index contributed by atoms with van der Waals surface area (Å²) >= 11 is 3.47. The Bertz CT molecular complexity index is 476. The van der Waals surface area contributed by atoms with Gasteiger partial charge in [0.25, 0.3) is 0 Å². The Kier molecular flexibility index (Phi) is 3.92. The molecule has 1 atom stereocenters. The standard InChI is InChI=1S/C13H17BrN2O2/c1-8-3-11(12(18-2)5-10(8)14)16-7-9(6-15)4-13(16)17/h3,5,9H,4,6-7,15H2,1-2H3. The molecule has 5 heteroatoms. The lowest BCUT2D eigenvalue weighted by Gasteiger charge is -2.20. The molecule has 1 unspecified atom stereocenters. The van der Waals surface area contributed by atoms with E-state index < -0.39 is 0 Å². The first-order chi connectivity index (χ1) is 8.56. The predicted octanol–water partition coefficient (Wildman–Crippen LogP) is 2.08. The monoisotopic (exact) mass is 312 g/mol. The topological polar surface area (TPSA) is 55.6 Å². The molecule has 0 aromatic heterocycles. The molecule has 1 aromatic rings. The summed E-state index contributed by atoms with van der Waals surface area (Å²) in [5.74, 6) is 1.06. The largest absolute Gasteiger partial charge is 0.495 e. The smallest absolute Gasteiger partial charge is 0.227 e. The van der Waals surface area contributed by atoms with Crippen LogP contribution in [0.5, 0.6) is 5.75 Å². The van der Waals surface area contributed by atoms with E-state index in [2.05, 4.69) is 15.9 Å². The quantitative estimate of drug-likeness (QED) is 0.929. The van der Waals surface area contributed by atoms with Gasteiger partial charge in [-0.3, -0.25) is 4.79 Å². The maximum absolute atomic E-state index is 12.0. The number of hydrogen-bond donors (Lipinski definition) is 1. The Balaban J connectivity index is 2.38. The van der Waals surface area contributed by atoms with E-state index in [-0.39, 0.29) is 11.8 Å². The van der Waals surface area contributed by atoms with E-state index in [1.54, 1.807) is 12.0 Å². The van der Waals surface area contributed by atoms with E-state index in [0.29, 0.717) is 25.3 Å². The summed E-state index contributed by atoms with van der Waals surface area (Å²) in [4.78, 5) is 13.8. The lowest BCUT2D eigenvalue weighted by atomic mass is 10.1. The Morgan fingerprint density at radius 2 is 2.28 bits per heavy atom. The van der Waals surface area contributed by atoms with E-state index in [1.165, 1.54) is 0 Å². The van der Waals surface area contributed by atoms with Gasteiger partial charge in [-0.15, -0.1) is 0 Å². The number of rotatable bonds is 3. The summed E-state index contributed by atoms with van der Waals surface area (Å²) in [7, 11) is 1.61. The zero-order valence-corrected chi connectivity index (χ0v) is 12.2. The van der Waals surface area contributed by atoms with Crippen LogP contribution in [0.25, 0.3) is 0 Å². The minimum absolute atomic E-state index is 0.116. The van der Waals surface area contributed by atoms with Crippen LogP contribution in [0, 0.1) is 12.8 Å². The van der Waals surface area contributed by atoms with Crippen molar-refractivity contribution in [1.29, 1.82) is 0 Å². The fourth-order valence-corrected chi connectivity index (χ4v) is 2.52. The second-order valence-corrected chi connectivity index (χ2v) is 5.44. The number of nitrogens with zero attached hydrogens (tertiary/aromatic N) is 1. The summed E-state index contributed by atoms with van der Waals surface area (Å²) < 4.78 is 6.33. The van der Waals surface area contributed by atoms with Crippen molar-refractivity contribution in [2.24, 2.45) is 11.7 Å². The van der Waals surface area contributed by atoms with Gasteiger partial charge in [-0.05, 0) is 37.1 Å². The molecule has 1 aliphatic heterocycles. The summed E-state index contributed by atoms with van der Waals surface area (Å²) in [6.07, 6.45) is 0.523. The highest BCUT2D eigenvalue weighted by atomic mass is 79.9. The first-order valence-corrected chi connectivity index (χ1v) is 6.70. The van der Waals surface area contributed by atoms with E-state index in [0.717, 1.165) is 15.7 Å². The number of carbonyl (C=O) groups excluding carboxylic acids is 1. The molecule has 2 N–H and O–H groups in total. The highest BCUT2D eigenvalue weighted by molar-refractivity contribution is 9.10. The lowest BCUT2D eigenvalue weighted by molar-refractivity contribution is -0.117. The van der Waals surface area contributed by atoms with Crippen molar-refractivity contribution in [3.8, 4) is 5.75 Å². The molecule has 98 valence electrons. The highest BCUT2D eigenvalue weighted by Crippen LogP contribution is 2.36. The van der Waals surface area contributed by atoms with Gasteiger partial charge in [0.15, 0.2) is 0 Å². The van der Waals surface area contributed by atoms with Gasteiger partial charge in [0.05, 0.1) is 12.8 Å². The number of halogens is 1. The maximum Gasteiger partial charge on any atom is 0.227 e. The third-order valence-corrected chi connectivity index (χ3v) is 4.14. The van der Waals surface area contributed by atoms with E-state index in [9.17, 15) is 4.79 Å². The van der Waals surface area contributed by atoms with E-state index in [4.69, 9.17) is 10.5 Å². The Morgan fingerprint density at radius 1 is 1.56 bits per heavy atom. The van der Waals surface area contributed by atoms with Crippen LogP contribution in [0.3, 0.4) is 0 Å². The minimum Gasteiger partial charge on any atom is -0.495 e. The molecule has 1 heterocycles. The molecule has 1 saturated heterocycles. The minimum atomic E-state index is 0.116. The Morgan fingerprint density at radius 3 is 2.83 bits per heavy atom. The summed E-state index contributed by atoms with van der Waals surface area (Å²) in [6.45, 7) is 3.21. The third-order valence-electron chi connectivity index (χ3n) is 3.29. The number of methoxy groups -OCH3 is 1. The van der Waals surface area contributed by atoms with Gasteiger partial charge < -0.3 is 15.4 Å². The summed E-state index contributed by atoms with van der Waals surface area (Å²) in [5.41, 5.74) is 7.55. The first kappa shape index (κ1) is 13.4. The summed E-state index contributed by atoms with van der Waals surface area (Å²) in [5, 5.41) is 0. The molecule has 1 aromatic carbocycles. The number of benzene rings is 1. The van der Waals surface area contributed by atoms with Crippen molar-refractivity contribution in [3.05, 3.63) is 22.2 Å². The average Bonchev–Trinajstić information content (AvgIpc) is 2.73. The SMILES string of the molecule is COc1cc(Br)c(C)cc1N1CC(CN)CC1=O. The van der Waals surface area contributed by atoms with Crippen LogP contribution in [0.1, 0.15) is 12.0 Å². The van der Waals surface area contributed by atoms with Crippen molar-refractivity contribution in [1.82, 2.24) is 0 Å². The zero-order valence-electron chi connectivity index (χ0n) is 10.6. The number of nitrogens with two attached hydrogens (primary N) is 1. The number of carbonyl (C=O) groups is 1. The molecule has 0 bridgehead atoms. The normalized spacial score (nSPS) is 19.4. The van der Waals surface area contributed by atoms with Crippen molar-refractivity contribution in [2.75, 3.05) is 25.1 Å². The van der Waals surface area contributed by atoms with Crippen molar-refractivity contribution >= 4 is 27.5 Å². The van der Waals surface area contributed by atoms with Gasteiger partial charge in [-0.1, -0.05) is 15.9 Å². The molecule has 18 heavy (non-hydrogen) atoms. The highest BCUT2D eigenvalue weighted by Gasteiger charge is 2.31. The van der Waals surface area contributed by atoms with Gasteiger partial charge in [0.2, 0.25) is 5.91 Å². The van der Waals surface area contributed by atoms with E-state index in [1.807, 2.05) is 19.1 Å². The zero-order chi connectivity index (χ0) is 13.3. The molecule has 1 fully saturated rings. The third kappa shape index (κ3) is 2.37. The molecular weight excluding hydrogens is 296 g/mol. The molecule has 1 aliphatic rings. The Hall–Kier alpha value is -1.07. The van der Waals surface area contributed by atoms with Gasteiger partial charge in [0.1, 0.15) is 5.75 Å². The second kappa shape index (κ2) is 5.28. The lowest BCUT2D eigenvalue weighted by Crippen LogP contribution is -2.26. The van der Waals surface area contributed by atoms with Crippen LogP contribution >= 0.6 is 15.9 Å². The molecule has 0 spiro atoms. The Labute approximate surface area is 115 Å². The maximum atomic E-state index is 12.0. The van der Waals surface area contributed by atoms with Crippen molar-refractivity contribution in [2.45, 2.75) is 13.3 Å². The van der Waals surface area contributed by atoms with E-state index >= 15 is 0 Å². The average molecular weight is 313 g/mol. The summed E-state index contributed by atoms with van der Waals surface area (Å²) in [6, 6.07) is 3.87. The van der Waals surface area contributed by atoms with Crippen LogP contribution < -0.4 is 15.4 Å². The van der Waals surface area contributed by atoms with Gasteiger partial charge in [-0.25, -0.2) is 0 Å². The van der Waals surface area contributed by atoms with Gasteiger partial charge >= 0.3 is 0 Å². The van der Waals surface area contributed by atoms with Crippen molar-refractivity contribution < 1.29 is 9.53 Å². The van der Waals surface area contributed by atoms with Crippen LogP contribution in [0.2, 0.25) is 0 Å². The number of amides is 1. The molecular formula is C13H17BrN2O2. The van der Waals surface area contributed by atoms with Crippen LogP contribution in [-0.2, 0) is 4.79 Å². The number of ether oxygens (including phenoxy) is 1. The van der Waals surface area contributed by atoms with Crippen LogP contribution in [0.4, 0.5) is 5.69 Å². The van der Waals surface area contributed by atoms with Crippen LogP contribution in [0.15, 0.2) is 16.6 Å².